The van der Waals surface area contributed by atoms with E-state index in [1.165, 1.54) is 0 Å². The van der Waals surface area contributed by atoms with E-state index < -0.39 is 0 Å². The molecule has 126 valence electrons. The highest BCUT2D eigenvalue weighted by Crippen LogP contribution is 2.34. The van der Waals surface area contributed by atoms with Gasteiger partial charge in [-0.3, -0.25) is 4.79 Å². The quantitative estimate of drug-likeness (QED) is 0.849. The Hall–Kier alpha value is -1.46. The van der Waals surface area contributed by atoms with Crippen molar-refractivity contribution < 1.29 is 14.3 Å². The number of anilines is 1. The van der Waals surface area contributed by atoms with Crippen LogP contribution in [0.25, 0.3) is 0 Å². The van der Waals surface area contributed by atoms with Crippen molar-refractivity contribution in [1.29, 1.82) is 0 Å². The van der Waals surface area contributed by atoms with Crippen molar-refractivity contribution in [3.05, 3.63) is 22.7 Å². The van der Waals surface area contributed by atoms with Gasteiger partial charge in [0.1, 0.15) is 11.9 Å². The number of carbonyl (C=O) groups excluding carboxylic acids is 1. The van der Waals surface area contributed by atoms with E-state index in [9.17, 15) is 4.79 Å². The summed E-state index contributed by atoms with van der Waals surface area (Å²) < 4.78 is 11.0. The zero-order chi connectivity index (χ0) is 16.4. The molecule has 0 bridgehead atoms. The molecule has 1 unspecified atom stereocenters. The molecule has 2 saturated heterocycles. The minimum atomic E-state index is -0.228. The van der Waals surface area contributed by atoms with E-state index in [0.29, 0.717) is 24.7 Å². The number of rotatable bonds is 3. The predicted octanol–water partition coefficient (Wildman–Crippen LogP) is 2.48. The Kier molecular flexibility index (Phi) is 4.97. The Balaban J connectivity index is 1.67. The smallest absolute Gasteiger partial charge is 0.251 e. The number of carbonyl (C=O) groups is 1. The van der Waals surface area contributed by atoms with Gasteiger partial charge in [-0.25, -0.2) is 0 Å². The van der Waals surface area contributed by atoms with Crippen LogP contribution in [0.15, 0.2) is 12.1 Å². The largest absolute Gasteiger partial charge is 0.495 e. The fraction of sp³-hybridized carbons (Fsp3) is 0.588. The number of hydrogen-bond donors (Lipinski definition) is 0. The first kappa shape index (κ1) is 16.4. The first-order valence-electron chi connectivity index (χ1n) is 8.09. The number of ether oxygens (including phenoxy) is 2. The lowest BCUT2D eigenvalue weighted by atomic mass is 10.1. The number of halogens is 1. The Morgan fingerprint density at radius 3 is 2.65 bits per heavy atom. The maximum absolute atomic E-state index is 12.4. The standard InChI is InChI=1S/C17H23ClN2O3/c1-12-10-14(16(22-2)11-13(12)18)19-5-7-20(8-6-19)17(21)15-4-3-9-23-15/h10-11,15H,3-9H2,1-2H3. The topological polar surface area (TPSA) is 42.0 Å². The molecule has 0 saturated carbocycles. The van der Waals surface area contributed by atoms with Crippen LogP contribution in [-0.2, 0) is 9.53 Å². The molecule has 0 aromatic heterocycles. The molecule has 0 radical (unpaired) electrons. The van der Waals surface area contributed by atoms with Crippen molar-refractivity contribution in [3.63, 3.8) is 0 Å². The fourth-order valence-electron chi connectivity index (χ4n) is 3.20. The van der Waals surface area contributed by atoms with Crippen LogP contribution < -0.4 is 9.64 Å². The number of nitrogens with zero attached hydrogens (tertiary/aromatic N) is 2. The Morgan fingerprint density at radius 1 is 1.30 bits per heavy atom. The molecule has 1 amide bonds. The lowest BCUT2D eigenvalue weighted by Gasteiger charge is -2.37. The molecule has 2 fully saturated rings. The van der Waals surface area contributed by atoms with E-state index >= 15 is 0 Å². The molecule has 6 heteroatoms. The monoisotopic (exact) mass is 338 g/mol. The molecule has 0 spiro atoms. The van der Waals surface area contributed by atoms with Crippen LogP contribution in [0.3, 0.4) is 0 Å². The summed E-state index contributed by atoms with van der Waals surface area (Å²) in [6.45, 7) is 5.69. The van der Waals surface area contributed by atoms with Crippen molar-refractivity contribution in [1.82, 2.24) is 4.90 Å². The van der Waals surface area contributed by atoms with Gasteiger partial charge in [0.05, 0.1) is 12.8 Å². The summed E-state index contributed by atoms with van der Waals surface area (Å²) in [6, 6.07) is 3.91. The van der Waals surface area contributed by atoms with Gasteiger partial charge < -0.3 is 19.3 Å². The molecule has 0 N–H and O–H groups in total. The van der Waals surface area contributed by atoms with Gasteiger partial charge in [-0.05, 0) is 31.4 Å². The van der Waals surface area contributed by atoms with Crippen LogP contribution in [0, 0.1) is 6.92 Å². The van der Waals surface area contributed by atoms with E-state index in [1.807, 2.05) is 17.9 Å². The highest BCUT2D eigenvalue weighted by molar-refractivity contribution is 6.31. The SMILES string of the molecule is COc1cc(Cl)c(C)cc1N1CCN(C(=O)C2CCCO2)CC1. The molecule has 2 aliphatic heterocycles. The lowest BCUT2D eigenvalue weighted by molar-refractivity contribution is -0.141. The second-order valence-electron chi connectivity index (χ2n) is 6.09. The minimum absolute atomic E-state index is 0.140. The van der Waals surface area contributed by atoms with Gasteiger partial charge in [0.15, 0.2) is 0 Å². The molecule has 1 atom stereocenters. The molecule has 5 nitrogen and oxygen atoms in total. The first-order chi connectivity index (χ1) is 11.1. The van der Waals surface area contributed by atoms with Crippen molar-refractivity contribution in [2.75, 3.05) is 44.8 Å². The molecule has 2 aliphatic rings. The zero-order valence-corrected chi connectivity index (χ0v) is 14.4. The molecule has 1 aromatic carbocycles. The summed E-state index contributed by atoms with van der Waals surface area (Å²) in [5, 5.41) is 0.706. The maximum atomic E-state index is 12.4. The fourth-order valence-corrected chi connectivity index (χ4v) is 3.36. The lowest BCUT2D eigenvalue weighted by Crippen LogP contribution is -2.51. The van der Waals surface area contributed by atoms with Crippen LogP contribution in [0.4, 0.5) is 5.69 Å². The van der Waals surface area contributed by atoms with E-state index in [0.717, 1.165) is 42.9 Å². The molecular weight excluding hydrogens is 316 g/mol. The Morgan fingerprint density at radius 2 is 2.04 bits per heavy atom. The maximum Gasteiger partial charge on any atom is 0.251 e. The summed E-state index contributed by atoms with van der Waals surface area (Å²) in [5.74, 6) is 0.918. The van der Waals surface area contributed by atoms with Gasteiger partial charge in [0, 0.05) is 43.9 Å². The summed E-state index contributed by atoms with van der Waals surface area (Å²) in [5.41, 5.74) is 2.07. The number of hydrogen-bond acceptors (Lipinski definition) is 4. The van der Waals surface area contributed by atoms with Crippen LogP contribution in [-0.4, -0.2) is 56.8 Å². The molecule has 2 heterocycles. The molecular formula is C17H23ClN2O3. The van der Waals surface area contributed by atoms with Crippen molar-refractivity contribution in [2.45, 2.75) is 25.9 Å². The van der Waals surface area contributed by atoms with Gasteiger partial charge in [0.25, 0.3) is 5.91 Å². The normalized spacial score (nSPS) is 21.6. The van der Waals surface area contributed by atoms with Gasteiger partial charge in [-0.2, -0.15) is 0 Å². The van der Waals surface area contributed by atoms with Crippen LogP contribution in [0.1, 0.15) is 18.4 Å². The number of aryl methyl sites for hydroxylation is 1. The number of methoxy groups -OCH3 is 1. The van der Waals surface area contributed by atoms with Crippen LogP contribution in [0.2, 0.25) is 5.02 Å². The predicted molar refractivity (Wildman–Crippen MR) is 90.5 cm³/mol. The van der Waals surface area contributed by atoms with Crippen LogP contribution in [0.5, 0.6) is 5.75 Å². The van der Waals surface area contributed by atoms with Crippen LogP contribution >= 0.6 is 11.6 Å². The number of amides is 1. The van der Waals surface area contributed by atoms with Crippen molar-refractivity contribution in [3.8, 4) is 5.75 Å². The third-order valence-electron chi connectivity index (χ3n) is 4.60. The van der Waals surface area contributed by atoms with Gasteiger partial charge in [0.2, 0.25) is 0 Å². The van der Waals surface area contributed by atoms with E-state index in [-0.39, 0.29) is 12.0 Å². The van der Waals surface area contributed by atoms with Gasteiger partial charge >= 0.3 is 0 Å². The summed E-state index contributed by atoms with van der Waals surface area (Å²) >= 11 is 6.18. The molecule has 0 aliphatic carbocycles. The summed E-state index contributed by atoms with van der Waals surface area (Å²) in [6.07, 6.45) is 1.61. The van der Waals surface area contributed by atoms with E-state index in [1.54, 1.807) is 7.11 Å². The van der Waals surface area contributed by atoms with Crippen molar-refractivity contribution in [2.24, 2.45) is 0 Å². The average Bonchev–Trinajstić information content (AvgIpc) is 3.11. The van der Waals surface area contributed by atoms with Gasteiger partial charge in [-0.15, -0.1) is 0 Å². The molecule has 23 heavy (non-hydrogen) atoms. The van der Waals surface area contributed by atoms with E-state index in [4.69, 9.17) is 21.1 Å². The van der Waals surface area contributed by atoms with Crippen molar-refractivity contribution >= 4 is 23.2 Å². The summed E-state index contributed by atoms with van der Waals surface area (Å²) in [4.78, 5) is 16.6. The Labute approximate surface area is 142 Å². The summed E-state index contributed by atoms with van der Waals surface area (Å²) in [7, 11) is 1.65. The molecule has 1 aromatic rings. The van der Waals surface area contributed by atoms with Gasteiger partial charge in [-0.1, -0.05) is 11.6 Å². The second kappa shape index (κ2) is 6.97. The number of benzene rings is 1. The first-order valence-corrected chi connectivity index (χ1v) is 8.47. The van der Waals surface area contributed by atoms with E-state index in [2.05, 4.69) is 11.0 Å². The molecule has 3 rings (SSSR count). The zero-order valence-electron chi connectivity index (χ0n) is 13.7. The Bertz CT molecular complexity index is 579. The average molecular weight is 339 g/mol. The highest BCUT2D eigenvalue weighted by Gasteiger charge is 2.30. The minimum Gasteiger partial charge on any atom is -0.495 e. The third kappa shape index (κ3) is 3.40. The second-order valence-corrected chi connectivity index (χ2v) is 6.49. The third-order valence-corrected chi connectivity index (χ3v) is 5.00. The highest BCUT2D eigenvalue weighted by atomic mass is 35.5. The number of piperazine rings is 1.